The van der Waals surface area contributed by atoms with E-state index in [2.05, 4.69) is 48.0 Å². The maximum atomic E-state index is 3.57. The summed E-state index contributed by atoms with van der Waals surface area (Å²) in [5.41, 5.74) is 0. The van der Waals surface area contributed by atoms with Gasteiger partial charge in [-0.3, -0.25) is 4.90 Å². The topological polar surface area (TPSA) is 18.5 Å². The van der Waals surface area contributed by atoms with Gasteiger partial charge in [-0.05, 0) is 27.6 Å². The third-order valence-electron chi connectivity index (χ3n) is 3.33. The third-order valence-corrected chi connectivity index (χ3v) is 3.33. The molecule has 0 amide bonds. The standard InChI is InChI=1S/C13H25N3/c1-5-7-8-12(14-6-2)13-11-15(3)9-10-16(13)4/h12-14H,6,8-11H2,1-4H3. The van der Waals surface area contributed by atoms with Crippen molar-refractivity contribution in [2.75, 3.05) is 40.3 Å². The van der Waals surface area contributed by atoms with Gasteiger partial charge in [0.15, 0.2) is 0 Å². The van der Waals surface area contributed by atoms with E-state index in [1.54, 1.807) is 0 Å². The molecule has 0 aromatic rings. The second kappa shape index (κ2) is 6.90. The van der Waals surface area contributed by atoms with Crippen LogP contribution in [0.1, 0.15) is 20.3 Å². The number of nitrogens with one attached hydrogen (secondary N) is 1. The van der Waals surface area contributed by atoms with Crippen LogP contribution < -0.4 is 5.32 Å². The highest BCUT2D eigenvalue weighted by molar-refractivity contribution is 5.02. The Bertz CT molecular complexity index is 254. The molecule has 1 N–H and O–H groups in total. The van der Waals surface area contributed by atoms with E-state index >= 15 is 0 Å². The first-order chi connectivity index (χ1) is 7.69. The molecule has 0 saturated carbocycles. The predicted octanol–water partition coefficient (Wildman–Crippen LogP) is 0.624. The van der Waals surface area contributed by atoms with Crippen molar-refractivity contribution < 1.29 is 0 Å². The molecule has 1 aliphatic rings. The molecule has 1 heterocycles. The Hall–Kier alpha value is -0.560. The molecule has 1 aliphatic heterocycles. The lowest BCUT2D eigenvalue weighted by Gasteiger charge is -2.41. The first-order valence-corrected chi connectivity index (χ1v) is 6.20. The van der Waals surface area contributed by atoms with E-state index in [0.29, 0.717) is 12.1 Å². The van der Waals surface area contributed by atoms with Crippen molar-refractivity contribution in [2.45, 2.75) is 32.4 Å². The molecular formula is C13H25N3. The van der Waals surface area contributed by atoms with Crippen LogP contribution >= 0.6 is 0 Å². The van der Waals surface area contributed by atoms with Gasteiger partial charge in [0.05, 0.1) is 0 Å². The first kappa shape index (κ1) is 13.5. The fourth-order valence-electron chi connectivity index (χ4n) is 2.30. The number of likely N-dealkylation sites (N-methyl/N-ethyl adjacent to an activating group) is 3. The van der Waals surface area contributed by atoms with Gasteiger partial charge in [0.2, 0.25) is 0 Å². The van der Waals surface area contributed by atoms with Gasteiger partial charge in [0.1, 0.15) is 0 Å². The predicted molar refractivity (Wildman–Crippen MR) is 69.4 cm³/mol. The smallest absolute Gasteiger partial charge is 0.0383 e. The maximum absolute atomic E-state index is 3.57. The summed E-state index contributed by atoms with van der Waals surface area (Å²) >= 11 is 0. The number of hydrogen-bond acceptors (Lipinski definition) is 3. The monoisotopic (exact) mass is 223 g/mol. The summed E-state index contributed by atoms with van der Waals surface area (Å²) in [4.78, 5) is 4.87. The minimum atomic E-state index is 0.491. The second-order valence-electron chi connectivity index (χ2n) is 4.61. The average Bonchev–Trinajstić information content (AvgIpc) is 2.28. The number of hydrogen-bond donors (Lipinski definition) is 1. The summed E-state index contributed by atoms with van der Waals surface area (Å²) in [7, 11) is 4.43. The van der Waals surface area contributed by atoms with Crippen LogP contribution in [0.2, 0.25) is 0 Å². The van der Waals surface area contributed by atoms with E-state index in [-0.39, 0.29) is 0 Å². The van der Waals surface area contributed by atoms with Crippen LogP contribution in [0.25, 0.3) is 0 Å². The molecule has 1 rings (SSSR count). The van der Waals surface area contributed by atoms with Crippen LogP contribution in [-0.2, 0) is 0 Å². The van der Waals surface area contributed by atoms with E-state index in [4.69, 9.17) is 0 Å². The molecule has 0 aliphatic carbocycles. The molecule has 0 aromatic heterocycles. The number of nitrogens with zero attached hydrogens (tertiary/aromatic N) is 2. The highest BCUT2D eigenvalue weighted by Crippen LogP contribution is 2.12. The number of rotatable bonds is 4. The number of piperazine rings is 1. The highest BCUT2D eigenvalue weighted by atomic mass is 15.3. The summed E-state index contributed by atoms with van der Waals surface area (Å²) in [5.74, 6) is 6.21. The Morgan fingerprint density at radius 3 is 2.75 bits per heavy atom. The Morgan fingerprint density at radius 1 is 1.38 bits per heavy atom. The van der Waals surface area contributed by atoms with Crippen molar-refractivity contribution in [3.8, 4) is 11.8 Å². The first-order valence-electron chi connectivity index (χ1n) is 6.20. The zero-order valence-electron chi connectivity index (χ0n) is 11.1. The normalized spacial score (nSPS) is 24.9. The van der Waals surface area contributed by atoms with Gasteiger partial charge in [-0.2, -0.15) is 0 Å². The van der Waals surface area contributed by atoms with Crippen molar-refractivity contribution in [3.63, 3.8) is 0 Å². The minimum Gasteiger partial charge on any atom is -0.312 e. The largest absolute Gasteiger partial charge is 0.312 e. The van der Waals surface area contributed by atoms with E-state index in [0.717, 1.165) is 26.1 Å². The zero-order chi connectivity index (χ0) is 12.0. The third kappa shape index (κ3) is 3.79. The quantitative estimate of drug-likeness (QED) is 0.705. The molecule has 1 fully saturated rings. The zero-order valence-corrected chi connectivity index (χ0v) is 11.1. The summed E-state index contributed by atoms with van der Waals surface area (Å²) in [6.07, 6.45) is 0.952. The Morgan fingerprint density at radius 2 is 2.12 bits per heavy atom. The average molecular weight is 223 g/mol. The van der Waals surface area contributed by atoms with E-state index < -0.39 is 0 Å². The molecule has 92 valence electrons. The molecule has 0 aromatic carbocycles. The van der Waals surface area contributed by atoms with Crippen LogP contribution in [0.15, 0.2) is 0 Å². The van der Waals surface area contributed by atoms with Gasteiger partial charge < -0.3 is 10.2 Å². The lowest BCUT2D eigenvalue weighted by molar-refractivity contribution is 0.0893. The lowest BCUT2D eigenvalue weighted by atomic mass is 10.0. The highest BCUT2D eigenvalue weighted by Gasteiger charge is 2.28. The maximum Gasteiger partial charge on any atom is 0.0383 e. The molecular weight excluding hydrogens is 198 g/mol. The van der Waals surface area contributed by atoms with Gasteiger partial charge in [-0.25, -0.2) is 0 Å². The molecule has 1 saturated heterocycles. The lowest BCUT2D eigenvalue weighted by Crippen LogP contribution is -2.58. The second-order valence-corrected chi connectivity index (χ2v) is 4.61. The molecule has 0 spiro atoms. The SMILES string of the molecule is CC#CCC(NCC)C1CN(C)CCN1C. The van der Waals surface area contributed by atoms with Gasteiger partial charge in [-0.15, -0.1) is 11.8 Å². The molecule has 3 heteroatoms. The Labute approximate surface area is 100 Å². The van der Waals surface area contributed by atoms with Crippen molar-refractivity contribution in [1.29, 1.82) is 0 Å². The van der Waals surface area contributed by atoms with Gasteiger partial charge in [0.25, 0.3) is 0 Å². The van der Waals surface area contributed by atoms with Crippen LogP contribution in [0.5, 0.6) is 0 Å². The fraction of sp³-hybridized carbons (Fsp3) is 0.846. The van der Waals surface area contributed by atoms with Crippen LogP contribution in [0.4, 0.5) is 0 Å². The van der Waals surface area contributed by atoms with E-state index in [1.165, 1.54) is 6.54 Å². The van der Waals surface area contributed by atoms with E-state index in [1.807, 2.05) is 6.92 Å². The molecule has 3 nitrogen and oxygen atoms in total. The van der Waals surface area contributed by atoms with Gasteiger partial charge in [0, 0.05) is 38.1 Å². The van der Waals surface area contributed by atoms with Crippen molar-refractivity contribution in [3.05, 3.63) is 0 Å². The molecule has 16 heavy (non-hydrogen) atoms. The Balaban J connectivity index is 2.61. The van der Waals surface area contributed by atoms with Gasteiger partial charge in [-0.1, -0.05) is 6.92 Å². The summed E-state index contributed by atoms with van der Waals surface area (Å²) in [6.45, 7) is 8.57. The van der Waals surface area contributed by atoms with E-state index in [9.17, 15) is 0 Å². The van der Waals surface area contributed by atoms with Crippen molar-refractivity contribution in [1.82, 2.24) is 15.1 Å². The molecule has 0 bridgehead atoms. The summed E-state index contributed by atoms with van der Waals surface area (Å²) in [6, 6.07) is 1.07. The molecule has 2 unspecified atom stereocenters. The van der Waals surface area contributed by atoms with Crippen LogP contribution in [-0.4, -0.2) is 62.2 Å². The van der Waals surface area contributed by atoms with Crippen molar-refractivity contribution in [2.24, 2.45) is 0 Å². The summed E-state index contributed by atoms with van der Waals surface area (Å²) in [5, 5.41) is 3.57. The van der Waals surface area contributed by atoms with Crippen molar-refractivity contribution >= 4 is 0 Å². The minimum absolute atomic E-state index is 0.491. The summed E-state index contributed by atoms with van der Waals surface area (Å²) < 4.78 is 0. The molecule has 0 radical (unpaired) electrons. The van der Waals surface area contributed by atoms with Gasteiger partial charge >= 0.3 is 0 Å². The van der Waals surface area contributed by atoms with Crippen LogP contribution in [0, 0.1) is 11.8 Å². The Kier molecular flexibility index (Phi) is 5.83. The molecule has 2 atom stereocenters. The van der Waals surface area contributed by atoms with Crippen LogP contribution in [0.3, 0.4) is 0 Å². The fourth-order valence-corrected chi connectivity index (χ4v) is 2.30.